The molecule has 0 aromatic heterocycles. The first-order valence-electron chi connectivity index (χ1n) is 7.92. The average molecular weight is 367 g/mol. The maximum Gasteiger partial charge on any atom is 0.406 e. The summed E-state index contributed by atoms with van der Waals surface area (Å²) in [5.41, 5.74) is -2.91. The molecule has 1 aliphatic rings. The van der Waals surface area contributed by atoms with E-state index in [4.69, 9.17) is 9.84 Å². The lowest BCUT2D eigenvalue weighted by Gasteiger charge is -2.27. The number of alkyl halides is 3. The van der Waals surface area contributed by atoms with Gasteiger partial charge in [0.1, 0.15) is 5.75 Å². The highest BCUT2D eigenvalue weighted by Gasteiger charge is 2.64. The van der Waals surface area contributed by atoms with Gasteiger partial charge in [0, 0.05) is 13.1 Å². The van der Waals surface area contributed by atoms with Crippen molar-refractivity contribution >= 4 is 22.6 Å². The standard InChI is InChI=1S/C18H16F3NO4/c19-18(20,21)17(16(24)25)7-8-22(11-17)15(23)10-26-14-6-5-12-3-1-2-4-13(12)9-14/h1-6,9H,7-8,10-11H2,(H,24,25). The fourth-order valence-corrected chi connectivity index (χ4v) is 3.04. The molecule has 8 heteroatoms. The number of rotatable bonds is 4. The predicted octanol–water partition coefficient (Wildman–Crippen LogP) is 3.08. The van der Waals surface area contributed by atoms with E-state index in [2.05, 4.69) is 0 Å². The Hall–Kier alpha value is -2.77. The summed E-state index contributed by atoms with van der Waals surface area (Å²) < 4.78 is 44.8. The van der Waals surface area contributed by atoms with Crippen molar-refractivity contribution in [3.63, 3.8) is 0 Å². The Morgan fingerprint density at radius 3 is 2.46 bits per heavy atom. The number of hydrogen-bond acceptors (Lipinski definition) is 3. The van der Waals surface area contributed by atoms with Gasteiger partial charge in [0.05, 0.1) is 0 Å². The number of amides is 1. The van der Waals surface area contributed by atoms with E-state index >= 15 is 0 Å². The number of aliphatic carboxylic acids is 1. The van der Waals surface area contributed by atoms with Gasteiger partial charge in [-0.25, -0.2) is 0 Å². The lowest BCUT2D eigenvalue weighted by Crippen LogP contribution is -2.48. The Morgan fingerprint density at radius 1 is 1.15 bits per heavy atom. The third-order valence-electron chi connectivity index (χ3n) is 4.66. The summed E-state index contributed by atoms with van der Waals surface area (Å²) in [7, 11) is 0. The molecule has 1 saturated heterocycles. The molecule has 0 bridgehead atoms. The Kier molecular flexibility index (Phi) is 4.52. The Labute approximate surface area is 147 Å². The topological polar surface area (TPSA) is 66.8 Å². The van der Waals surface area contributed by atoms with E-state index in [0.717, 1.165) is 15.7 Å². The highest BCUT2D eigenvalue weighted by molar-refractivity contribution is 5.84. The SMILES string of the molecule is O=C(COc1ccc2ccccc2c1)N1CCC(C(=O)O)(C(F)(F)F)C1. The second-order valence-corrected chi connectivity index (χ2v) is 6.25. The minimum atomic E-state index is -4.92. The van der Waals surface area contributed by atoms with Gasteiger partial charge in [-0.05, 0) is 29.3 Å². The molecule has 1 unspecified atom stereocenters. The first-order chi connectivity index (χ1) is 12.2. The van der Waals surface area contributed by atoms with Crippen molar-refractivity contribution in [2.24, 2.45) is 5.41 Å². The van der Waals surface area contributed by atoms with Crippen LogP contribution in [0.15, 0.2) is 42.5 Å². The average Bonchev–Trinajstić information content (AvgIpc) is 3.06. The van der Waals surface area contributed by atoms with Crippen LogP contribution in [0.2, 0.25) is 0 Å². The first kappa shape index (κ1) is 18.0. The van der Waals surface area contributed by atoms with E-state index in [1.807, 2.05) is 30.3 Å². The largest absolute Gasteiger partial charge is 0.484 e. The zero-order valence-corrected chi connectivity index (χ0v) is 13.6. The van der Waals surface area contributed by atoms with Crippen molar-refractivity contribution < 1.29 is 32.6 Å². The fraction of sp³-hybridized carbons (Fsp3) is 0.333. The fourth-order valence-electron chi connectivity index (χ4n) is 3.04. The Bertz CT molecular complexity index is 852. The molecule has 3 rings (SSSR count). The predicted molar refractivity (Wildman–Crippen MR) is 86.8 cm³/mol. The molecule has 0 radical (unpaired) electrons. The number of nitrogens with zero attached hydrogens (tertiary/aromatic N) is 1. The Morgan fingerprint density at radius 2 is 1.85 bits per heavy atom. The van der Waals surface area contributed by atoms with Gasteiger partial charge in [-0.15, -0.1) is 0 Å². The van der Waals surface area contributed by atoms with Crippen molar-refractivity contribution in [2.75, 3.05) is 19.7 Å². The minimum Gasteiger partial charge on any atom is -0.484 e. The number of ether oxygens (including phenoxy) is 1. The molecule has 138 valence electrons. The summed E-state index contributed by atoms with van der Waals surface area (Å²) in [5.74, 6) is -2.22. The van der Waals surface area contributed by atoms with Crippen molar-refractivity contribution in [2.45, 2.75) is 12.6 Å². The van der Waals surface area contributed by atoms with Gasteiger partial charge in [-0.2, -0.15) is 13.2 Å². The van der Waals surface area contributed by atoms with Crippen molar-refractivity contribution in [1.29, 1.82) is 0 Å². The molecule has 5 nitrogen and oxygen atoms in total. The van der Waals surface area contributed by atoms with Gasteiger partial charge < -0.3 is 14.7 Å². The van der Waals surface area contributed by atoms with E-state index in [9.17, 15) is 22.8 Å². The molecule has 1 atom stereocenters. The second-order valence-electron chi connectivity index (χ2n) is 6.25. The molecular formula is C18H16F3NO4. The molecule has 1 amide bonds. The smallest absolute Gasteiger partial charge is 0.406 e. The summed E-state index contributed by atoms with van der Waals surface area (Å²) in [4.78, 5) is 24.2. The van der Waals surface area contributed by atoms with Crippen LogP contribution in [-0.4, -0.2) is 47.8 Å². The molecule has 0 aliphatic carbocycles. The third-order valence-corrected chi connectivity index (χ3v) is 4.66. The lowest BCUT2D eigenvalue weighted by molar-refractivity contribution is -0.227. The van der Waals surface area contributed by atoms with Crippen molar-refractivity contribution in [3.8, 4) is 5.75 Å². The zero-order valence-electron chi connectivity index (χ0n) is 13.6. The van der Waals surface area contributed by atoms with Crippen LogP contribution in [0.5, 0.6) is 5.75 Å². The van der Waals surface area contributed by atoms with E-state index in [1.165, 1.54) is 0 Å². The summed E-state index contributed by atoms with van der Waals surface area (Å²) in [5, 5.41) is 10.9. The first-order valence-corrected chi connectivity index (χ1v) is 7.92. The van der Waals surface area contributed by atoms with E-state index in [0.29, 0.717) is 5.75 Å². The molecule has 1 fully saturated rings. The van der Waals surface area contributed by atoms with Crippen LogP contribution in [0.4, 0.5) is 13.2 Å². The van der Waals surface area contributed by atoms with E-state index in [-0.39, 0.29) is 6.54 Å². The van der Waals surface area contributed by atoms with Crippen molar-refractivity contribution in [3.05, 3.63) is 42.5 Å². The zero-order chi connectivity index (χ0) is 18.9. The number of hydrogen-bond donors (Lipinski definition) is 1. The van der Waals surface area contributed by atoms with Gasteiger partial charge in [-0.3, -0.25) is 9.59 Å². The molecule has 2 aromatic rings. The van der Waals surface area contributed by atoms with Gasteiger partial charge >= 0.3 is 12.1 Å². The van der Waals surface area contributed by atoms with E-state index < -0.39 is 43.0 Å². The van der Waals surface area contributed by atoms with Crippen LogP contribution >= 0.6 is 0 Å². The summed E-state index contributed by atoms with van der Waals surface area (Å²) in [6.07, 6.45) is -5.58. The summed E-state index contributed by atoms with van der Waals surface area (Å²) in [6.45, 7) is -1.62. The summed E-state index contributed by atoms with van der Waals surface area (Å²) in [6, 6.07) is 12.7. The highest BCUT2D eigenvalue weighted by Crippen LogP contribution is 2.45. The second kappa shape index (κ2) is 6.51. The number of halogens is 3. The van der Waals surface area contributed by atoms with Gasteiger partial charge in [0.2, 0.25) is 0 Å². The number of fused-ring (bicyclic) bond motifs is 1. The number of likely N-dealkylation sites (tertiary alicyclic amines) is 1. The van der Waals surface area contributed by atoms with E-state index in [1.54, 1.807) is 12.1 Å². The van der Waals surface area contributed by atoms with Gasteiger partial charge in [-0.1, -0.05) is 30.3 Å². The molecular weight excluding hydrogens is 351 g/mol. The van der Waals surface area contributed by atoms with Gasteiger partial charge in [0.25, 0.3) is 5.91 Å². The highest BCUT2D eigenvalue weighted by atomic mass is 19.4. The summed E-state index contributed by atoms with van der Waals surface area (Å²) >= 11 is 0. The molecule has 2 aromatic carbocycles. The van der Waals surface area contributed by atoms with Crippen LogP contribution in [0, 0.1) is 5.41 Å². The van der Waals surface area contributed by atoms with Crippen LogP contribution in [-0.2, 0) is 9.59 Å². The molecule has 1 aliphatic heterocycles. The molecule has 26 heavy (non-hydrogen) atoms. The van der Waals surface area contributed by atoms with Crippen molar-refractivity contribution in [1.82, 2.24) is 4.90 Å². The third kappa shape index (κ3) is 3.18. The van der Waals surface area contributed by atoms with Crippen LogP contribution in [0.1, 0.15) is 6.42 Å². The molecule has 1 N–H and O–H groups in total. The minimum absolute atomic E-state index is 0.272. The number of carboxylic acid groups (broad SMARTS) is 1. The maximum absolute atomic E-state index is 13.2. The molecule has 1 heterocycles. The normalized spacial score (nSPS) is 20.3. The molecule has 0 spiro atoms. The van der Waals surface area contributed by atoms with Crippen LogP contribution in [0.3, 0.4) is 0 Å². The Balaban J connectivity index is 1.66. The van der Waals surface area contributed by atoms with Crippen LogP contribution < -0.4 is 4.74 Å². The number of carbonyl (C=O) groups is 2. The van der Waals surface area contributed by atoms with Gasteiger partial charge in [0.15, 0.2) is 12.0 Å². The molecule has 0 saturated carbocycles. The lowest BCUT2D eigenvalue weighted by atomic mass is 9.86. The van der Waals surface area contributed by atoms with Crippen LogP contribution in [0.25, 0.3) is 10.8 Å². The maximum atomic E-state index is 13.2. The quantitative estimate of drug-likeness (QED) is 0.902. The monoisotopic (exact) mass is 367 g/mol. The number of benzene rings is 2. The number of carboxylic acids is 1. The number of carbonyl (C=O) groups excluding carboxylic acids is 1.